The SMILES string of the molecule is CCOC(=O)c1cccc(NC(=O)CN2C(=O)[C@@H]3[C@H](C2=O)[C@H]2C=C[C@H]3C2)c1. The highest BCUT2D eigenvalue weighted by Gasteiger charge is 2.59. The number of esters is 1. The van der Waals surface area contributed by atoms with Gasteiger partial charge in [0.25, 0.3) is 0 Å². The lowest BCUT2D eigenvalue weighted by Crippen LogP contribution is -2.39. The van der Waals surface area contributed by atoms with Crippen LogP contribution in [-0.4, -0.2) is 41.7 Å². The van der Waals surface area contributed by atoms with Crippen LogP contribution in [-0.2, 0) is 19.1 Å². The molecule has 1 saturated carbocycles. The van der Waals surface area contributed by atoms with E-state index >= 15 is 0 Å². The summed E-state index contributed by atoms with van der Waals surface area (Å²) in [7, 11) is 0. The molecule has 1 saturated heterocycles. The van der Waals surface area contributed by atoms with Gasteiger partial charge in [0.2, 0.25) is 17.7 Å². The molecule has 4 rings (SSSR count). The Morgan fingerprint density at radius 1 is 1.15 bits per heavy atom. The molecule has 3 aliphatic rings. The first-order chi connectivity index (χ1) is 13.0. The monoisotopic (exact) mass is 368 g/mol. The van der Waals surface area contributed by atoms with Gasteiger partial charge in [-0.1, -0.05) is 18.2 Å². The summed E-state index contributed by atoms with van der Waals surface area (Å²) in [5, 5.41) is 2.64. The summed E-state index contributed by atoms with van der Waals surface area (Å²) in [5.41, 5.74) is 0.728. The van der Waals surface area contributed by atoms with Gasteiger partial charge in [0.15, 0.2) is 0 Å². The highest BCUT2D eigenvalue weighted by molar-refractivity contribution is 6.09. The number of fused-ring (bicyclic) bond motifs is 5. The summed E-state index contributed by atoms with van der Waals surface area (Å²) < 4.78 is 4.94. The molecular weight excluding hydrogens is 348 g/mol. The molecule has 4 atom stereocenters. The molecule has 3 amide bonds. The number of hydrogen-bond donors (Lipinski definition) is 1. The molecule has 1 aromatic carbocycles. The Bertz CT molecular complexity index is 832. The molecule has 2 fully saturated rings. The first-order valence-electron chi connectivity index (χ1n) is 9.10. The zero-order chi connectivity index (χ0) is 19.1. The molecule has 27 heavy (non-hydrogen) atoms. The van der Waals surface area contributed by atoms with E-state index < -0.39 is 11.9 Å². The lowest BCUT2D eigenvalue weighted by atomic mass is 9.85. The van der Waals surface area contributed by atoms with Gasteiger partial charge in [0.05, 0.1) is 24.0 Å². The Labute approximate surface area is 156 Å². The van der Waals surface area contributed by atoms with Crippen molar-refractivity contribution in [2.75, 3.05) is 18.5 Å². The Kier molecular flexibility index (Phi) is 4.30. The van der Waals surface area contributed by atoms with Crippen molar-refractivity contribution in [1.29, 1.82) is 0 Å². The van der Waals surface area contributed by atoms with Crippen molar-refractivity contribution >= 4 is 29.4 Å². The molecule has 7 nitrogen and oxygen atoms in total. The molecular formula is C20H20N2O5. The average molecular weight is 368 g/mol. The number of hydrogen-bond acceptors (Lipinski definition) is 5. The number of amides is 3. The third-order valence-electron chi connectivity index (χ3n) is 5.52. The second-order valence-corrected chi connectivity index (χ2v) is 7.11. The van der Waals surface area contributed by atoms with Crippen LogP contribution in [0.15, 0.2) is 36.4 Å². The minimum absolute atomic E-state index is 0.116. The number of benzene rings is 1. The van der Waals surface area contributed by atoms with Crippen molar-refractivity contribution < 1.29 is 23.9 Å². The Morgan fingerprint density at radius 3 is 2.44 bits per heavy atom. The summed E-state index contributed by atoms with van der Waals surface area (Å²) in [5.74, 6) is -1.85. The van der Waals surface area contributed by atoms with E-state index in [9.17, 15) is 19.2 Å². The van der Waals surface area contributed by atoms with Crippen molar-refractivity contribution in [1.82, 2.24) is 4.90 Å². The first-order valence-corrected chi connectivity index (χ1v) is 9.10. The predicted octanol–water partition coefficient (Wildman–Crippen LogP) is 1.61. The van der Waals surface area contributed by atoms with Gasteiger partial charge in [-0.15, -0.1) is 0 Å². The lowest BCUT2D eigenvalue weighted by Gasteiger charge is -2.17. The number of rotatable bonds is 5. The van der Waals surface area contributed by atoms with Crippen molar-refractivity contribution in [2.24, 2.45) is 23.7 Å². The topological polar surface area (TPSA) is 92.8 Å². The quantitative estimate of drug-likeness (QED) is 0.484. The molecule has 7 heteroatoms. The molecule has 1 N–H and O–H groups in total. The Hall–Kier alpha value is -2.96. The number of ether oxygens (including phenoxy) is 1. The van der Waals surface area contributed by atoms with Crippen LogP contribution in [0, 0.1) is 23.7 Å². The first kappa shape index (κ1) is 17.5. The smallest absolute Gasteiger partial charge is 0.338 e. The van der Waals surface area contributed by atoms with Crippen LogP contribution in [0.25, 0.3) is 0 Å². The van der Waals surface area contributed by atoms with Gasteiger partial charge in [0, 0.05) is 5.69 Å². The number of nitrogens with zero attached hydrogens (tertiary/aromatic N) is 1. The molecule has 140 valence electrons. The van der Waals surface area contributed by atoms with E-state index in [0.29, 0.717) is 11.3 Å². The highest BCUT2D eigenvalue weighted by atomic mass is 16.5. The van der Waals surface area contributed by atoms with Gasteiger partial charge in [-0.25, -0.2) is 4.79 Å². The Balaban J connectivity index is 1.42. The zero-order valence-corrected chi connectivity index (χ0v) is 14.9. The molecule has 0 unspecified atom stereocenters. The van der Waals surface area contributed by atoms with E-state index in [-0.39, 0.29) is 48.6 Å². The van der Waals surface area contributed by atoms with Gasteiger partial charge < -0.3 is 10.1 Å². The molecule has 0 aromatic heterocycles. The summed E-state index contributed by atoms with van der Waals surface area (Å²) in [6.07, 6.45) is 4.89. The maximum absolute atomic E-state index is 12.6. The minimum atomic E-state index is -0.478. The van der Waals surface area contributed by atoms with Crippen molar-refractivity contribution in [3.63, 3.8) is 0 Å². The standard InChI is InChI=1S/C20H20N2O5/c1-2-27-20(26)13-4-3-5-14(9-13)21-15(23)10-22-18(24)16-11-6-7-12(8-11)17(16)19(22)25/h3-7,9,11-12,16-17H,2,8,10H2,1H3,(H,21,23)/t11-,12-,16-,17+/m0/s1. The second-order valence-electron chi connectivity index (χ2n) is 7.11. The van der Waals surface area contributed by atoms with Gasteiger partial charge in [0.1, 0.15) is 6.54 Å². The summed E-state index contributed by atoms with van der Waals surface area (Å²) in [6, 6.07) is 6.35. The minimum Gasteiger partial charge on any atom is -0.462 e. The highest BCUT2D eigenvalue weighted by Crippen LogP contribution is 2.52. The van der Waals surface area contributed by atoms with Crippen LogP contribution in [0.5, 0.6) is 0 Å². The van der Waals surface area contributed by atoms with Crippen LogP contribution in [0.4, 0.5) is 5.69 Å². The lowest BCUT2D eigenvalue weighted by molar-refractivity contribution is -0.143. The molecule has 2 aliphatic carbocycles. The van der Waals surface area contributed by atoms with Crippen molar-refractivity contribution in [2.45, 2.75) is 13.3 Å². The maximum atomic E-state index is 12.6. The molecule has 1 heterocycles. The van der Waals surface area contributed by atoms with Crippen LogP contribution in [0.2, 0.25) is 0 Å². The summed E-state index contributed by atoms with van der Waals surface area (Å²) in [4.78, 5) is 50.5. The molecule has 0 radical (unpaired) electrons. The predicted molar refractivity (Wildman–Crippen MR) is 95.5 cm³/mol. The average Bonchev–Trinajstić information content (AvgIpc) is 3.32. The van der Waals surface area contributed by atoms with E-state index in [1.165, 1.54) is 6.07 Å². The molecule has 1 aromatic rings. The second kappa shape index (κ2) is 6.64. The van der Waals surface area contributed by atoms with Crippen LogP contribution in [0.3, 0.4) is 0 Å². The normalized spacial score (nSPS) is 27.8. The van der Waals surface area contributed by atoms with E-state index in [4.69, 9.17) is 4.74 Å². The summed E-state index contributed by atoms with van der Waals surface area (Å²) >= 11 is 0. The fourth-order valence-corrected chi connectivity index (χ4v) is 4.40. The van der Waals surface area contributed by atoms with Crippen molar-refractivity contribution in [3.8, 4) is 0 Å². The third-order valence-corrected chi connectivity index (χ3v) is 5.52. The van der Waals surface area contributed by atoms with E-state index in [2.05, 4.69) is 5.32 Å². The number of carbonyl (C=O) groups is 4. The molecule has 2 bridgehead atoms. The number of likely N-dealkylation sites (tertiary alicyclic amines) is 1. The zero-order valence-electron chi connectivity index (χ0n) is 14.9. The van der Waals surface area contributed by atoms with Gasteiger partial charge in [-0.2, -0.15) is 0 Å². The number of imide groups is 1. The maximum Gasteiger partial charge on any atom is 0.338 e. The number of allylic oxidation sites excluding steroid dienone is 2. The van der Waals surface area contributed by atoms with Crippen LogP contribution < -0.4 is 5.32 Å². The van der Waals surface area contributed by atoms with E-state index in [0.717, 1.165) is 11.3 Å². The molecule has 0 spiro atoms. The largest absolute Gasteiger partial charge is 0.462 e. The fraction of sp³-hybridized carbons (Fsp3) is 0.400. The van der Waals surface area contributed by atoms with Gasteiger partial charge in [-0.05, 0) is 43.4 Å². The van der Waals surface area contributed by atoms with Gasteiger partial charge >= 0.3 is 5.97 Å². The van der Waals surface area contributed by atoms with Crippen molar-refractivity contribution in [3.05, 3.63) is 42.0 Å². The third kappa shape index (κ3) is 2.93. The number of carbonyl (C=O) groups excluding carboxylic acids is 4. The van der Waals surface area contributed by atoms with Crippen LogP contribution in [0.1, 0.15) is 23.7 Å². The summed E-state index contributed by atoms with van der Waals surface area (Å²) in [6.45, 7) is 1.66. The van der Waals surface area contributed by atoms with E-state index in [1.54, 1.807) is 25.1 Å². The number of nitrogens with one attached hydrogen (secondary N) is 1. The Morgan fingerprint density at radius 2 is 1.81 bits per heavy atom. The fourth-order valence-electron chi connectivity index (χ4n) is 4.40. The van der Waals surface area contributed by atoms with E-state index in [1.807, 2.05) is 12.2 Å². The van der Waals surface area contributed by atoms with Gasteiger partial charge in [-0.3, -0.25) is 19.3 Å². The van der Waals surface area contributed by atoms with Crippen LogP contribution >= 0.6 is 0 Å². The number of anilines is 1. The molecule has 1 aliphatic heterocycles.